The summed E-state index contributed by atoms with van der Waals surface area (Å²) in [5, 5.41) is 11.0. The highest BCUT2D eigenvalue weighted by Crippen LogP contribution is 2.20. The SMILES string of the molecule is CC(CC(=O)O)CC(=O)NC(=O)N1CC(C)OC(C)(C)C1. The number of carboxylic acid groups (broad SMARTS) is 1. The Bertz CT molecular complexity index is 422. The molecule has 0 radical (unpaired) electrons. The number of nitrogens with one attached hydrogen (secondary N) is 1. The van der Waals surface area contributed by atoms with Gasteiger partial charge < -0.3 is 14.7 Å². The number of nitrogens with zero attached hydrogens (tertiary/aromatic N) is 1. The lowest BCUT2D eigenvalue weighted by atomic mass is 10.0. The minimum Gasteiger partial charge on any atom is -0.481 e. The molecule has 0 spiro atoms. The van der Waals surface area contributed by atoms with Crippen LogP contribution in [0.25, 0.3) is 0 Å². The van der Waals surface area contributed by atoms with Gasteiger partial charge in [-0.3, -0.25) is 14.9 Å². The Labute approximate surface area is 124 Å². The van der Waals surface area contributed by atoms with E-state index in [1.807, 2.05) is 20.8 Å². The van der Waals surface area contributed by atoms with E-state index in [1.165, 1.54) is 0 Å². The number of rotatable bonds is 4. The van der Waals surface area contributed by atoms with Crippen molar-refractivity contribution in [1.29, 1.82) is 0 Å². The molecule has 1 heterocycles. The highest BCUT2D eigenvalue weighted by atomic mass is 16.5. The van der Waals surface area contributed by atoms with E-state index in [0.29, 0.717) is 13.1 Å². The van der Waals surface area contributed by atoms with E-state index < -0.39 is 23.5 Å². The second kappa shape index (κ2) is 6.89. The number of ether oxygens (including phenoxy) is 1. The molecule has 0 aromatic heterocycles. The van der Waals surface area contributed by atoms with Gasteiger partial charge in [0.2, 0.25) is 5.91 Å². The Kier molecular flexibility index (Phi) is 5.71. The van der Waals surface area contributed by atoms with Crippen LogP contribution in [0.4, 0.5) is 4.79 Å². The maximum Gasteiger partial charge on any atom is 0.324 e. The standard InChI is InChI=1S/C14H24N2O5/c1-9(6-12(18)19)5-11(17)15-13(20)16-7-10(2)21-14(3,4)8-16/h9-10H,5-8H2,1-4H3,(H,18,19)(H,15,17,20). The number of amides is 3. The summed E-state index contributed by atoms with van der Waals surface area (Å²) >= 11 is 0. The van der Waals surface area contributed by atoms with Crippen LogP contribution in [0.15, 0.2) is 0 Å². The lowest BCUT2D eigenvalue weighted by Gasteiger charge is -2.41. The number of carboxylic acids is 1. The molecule has 2 N–H and O–H groups in total. The Hall–Kier alpha value is -1.63. The van der Waals surface area contributed by atoms with Gasteiger partial charge in [-0.05, 0) is 26.7 Å². The van der Waals surface area contributed by atoms with Crippen molar-refractivity contribution in [1.82, 2.24) is 10.2 Å². The summed E-state index contributed by atoms with van der Waals surface area (Å²) < 4.78 is 5.70. The highest BCUT2D eigenvalue weighted by molar-refractivity contribution is 5.94. The Balaban J connectivity index is 2.49. The maximum atomic E-state index is 12.1. The van der Waals surface area contributed by atoms with Crippen LogP contribution < -0.4 is 5.32 Å². The fourth-order valence-corrected chi connectivity index (χ4v) is 2.54. The molecule has 0 saturated carbocycles. The Morgan fingerprint density at radius 2 is 2.00 bits per heavy atom. The number of carbonyl (C=O) groups excluding carboxylic acids is 2. The van der Waals surface area contributed by atoms with Crippen molar-refractivity contribution in [3.8, 4) is 0 Å². The van der Waals surface area contributed by atoms with Gasteiger partial charge in [-0.1, -0.05) is 6.92 Å². The zero-order chi connectivity index (χ0) is 16.2. The number of urea groups is 1. The summed E-state index contributed by atoms with van der Waals surface area (Å²) in [7, 11) is 0. The van der Waals surface area contributed by atoms with Crippen molar-refractivity contribution in [2.24, 2.45) is 5.92 Å². The van der Waals surface area contributed by atoms with Gasteiger partial charge in [-0.25, -0.2) is 4.79 Å². The summed E-state index contributed by atoms with van der Waals surface area (Å²) in [5.41, 5.74) is -0.450. The van der Waals surface area contributed by atoms with E-state index in [1.54, 1.807) is 11.8 Å². The van der Waals surface area contributed by atoms with Crippen molar-refractivity contribution in [3.63, 3.8) is 0 Å². The molecule has 0 bridgehead atoms. The fourth-order valence-electron chi connectivity index (χ4n) is 2.54. The van der Waals surface area contributed by atoms with Gasteiger partial charge in [0.05, 0.1) is 18.2 Å². The number of hydrogen-bond acceptors (Lipinski definition) is 4. The van der Waals surface area contributed by atoms with Gasteiger partial charge in [0.1, 0.15) is 0 Å². The average molecular weight is 300 g/mol. The van der Waals surface area contributed by atoms with Crippen LogP contribution in [0.5, 0.6) is 0 Å². The monoisotopic (exact) mass is 300 g/mol. The second-order valence-corrected chi connectivity index (χ2v) is 6.33. The predicted octanol–water partition coefficient (Wildman–Crippen LogP) is 1.22. The predicted molar refractivity (Wildman–Crippen MR) is 75.8 cm³/mol. The lowest BCUT2D eigenvalue weighted by Crippen LogP contribution is -2.56. The van der Waals surface area contributed by atoms with E-state index in [0.717, 1.165) is 0 Å². The van der Waals surface area contributed by atoms with Gasteiger partial charge in [0, 0.05) is 19.4 Å². The van der Waals surface area contributed by atoms with Crippen molar-refractivity contribution in [2.75, 3.05) is 13.1 Å². The Morgan fingerprint density at radius 3 is 2.52 bits per heavy atom. The number of carbonyl (C=O) groups is 3. The first-order valence-corrected chi connectivity index (χ1v) is 7.07. The third-order valence-electron chi connectivity index (χ3n) is 3.16. The van der Waals surface area contributed by atoms with Gasteiger partial charge in [-0.2, -0.15) is 0 Å². The molecule has 3 amide bonds. The molecule has 0 aliphatic carbocycles. The van der Waals surface area contributed by atoms with Crippen LogP contribution in [-0.2, 0) is 14.3 Å². The summed E-state index contributed by atoms with van der Waals surface area (Å²) in [6, 6.07) is -0.453. The van der Waals surface area contributed by atoms with E-state index >= 15 is 0 Å². The topological polar surface area (TPSA) is 95.9 Å². The molecule has 7 nitrogen and oxygen atoms in total. The van der Waals surface area contributed by atoms with E-state index in [4.69, 9.17) is 9.84 Å². The molecule has 1 fully saturated rings. The van der Waals surface area contributed by atoms with Crippen molar-refractivity contribution < 1.29 is 24.2 Å². The first kappa shape index (κ1) is 17.4. The third-order valence-corrected chi connectivity index (χ3v) is 3.16. The van der Waals surface area contributed by atoms with E-state index in [9.17, 15) is 14.4 Å². The van der Waals surface area contributed by atoms with E-state index in [2.05, 4.69) is 5.32 Å². The minimum atomic E-state index is -0.953. The smallest absolute Gasteiger partial charge is 0.324 e. The zero-order valence-corrected chi connectivity index (χ0v) is 13.0. The molecular formula is C14H24N2O5. The normalized spacial score (nSPS) is 22.5. The molecule has 120 valence electrons. The summed E-state index contributed by atoms with van der Waals surface area (Å²) in [5.74, 6) is -1.72. The molecule has 21 heavy (non-hydrogen) atoms. The first-order chi connectivity index (χ1) is 9.59. The van der Waals surface area contributed by atoms with Crippen LogP contribution in [0, 0.1) is 5.92 Å². The summed E-state index contributed by atoms with van der Waals surface area (Å²) in [6.07, 6.45) is -0.176. The number of aliphatic carboxylic acids is 1. The molecule has 7 heteroatoms. The van der Waals surface area contributed by atoms with Gasteiger partial charge in [0.15, 0.2) is 0 Å². The molecule has 1 rings (SSSR count). The van der Waals surface area contributed by atoms with E-state index in [-0.39, 0.29) is 24.9 Å². The quantitative estimate of drug-likeness (QED) is 0.814. The van der Waals surface area contributed by atoms with Crippen LogP contribution in [0.2, 0.25) is 0 Å². The van der Waals surface area contributed by atoms with Crippen molar-refractivity contribution >= 4 is 17.9 Å². The van der Waals surface area contributed by atoms with Crippen LogP contribution in [-0.4, -0.2) is 52.7 Å². The number of imide groups is 1. The fraction of sp³-hybridized carbons (Fsp3) is 0.786. The van der Waals surface area contributed by atoms with Crippen LogP contribution in [0.1, 0.15) is 40.5 Å². The molecule has 1 aliphatic heterocycles. The maximum absolute atomic E-state index is 12.1. The number of morpholine rings is 1. The van der Waals surface area contributed by atoms with Gasteiger partial charge in [0.25, 0.3) is 0 Å². The Morgan fingerprint density at radius 1 is 1.38 bits per heavy atom. The molecule has 1 saturated heterocycles. The van der Waals surface area contributed by atoms with Crippen molar-refractivity contribution in [3.05, 3.63) is 0 Å². The molecule has 2 atom stereocenters. The second-order valence-electron chi connectivity index (χ2n) is 6.33. The van der Waals surface area contributed by atoms with Crippen LogP contribution >= 0.6 is 0 Å². The molecule has 0 aromatic rings. The molecule has 2 unspecified atom stereocenters. The van der Waals surface area contributed by atoms with Gasteiger partial charge >= 0.3 is 12.0 Å². The van der Waals surface area contributed by atoms with Crippen LogP contribution in [0.3, 0.4) is 0 Å². The molecule has 1 aliphatic rings. The highest BCUT2D eigenvalue weighted by Gasteiger charge is 2.34. The average Bonchev–Trinajstić information content (AvgIpc) is 2.23. The lowest BCUT2D eigenvalue weighted by molar-refractivity contribution is -0.138. The molecule has 0 aromatic carbocycles. The first-order valence-electron chi connectivity index (χ1n) is 7.07. The summed E-state index contributed by atoms with van der Waals surface area (Å²) in [4.78, 5) is 35.9. The molecular weight excluding hydrogens is 276 g/mol. The third kappa shape index (κ3) is 6.12. The van der Waals surface area contributed by atoms with Crippen molar-refractivity contribution in [2.45, 2.75) is 52.2 Å². The van der Waals surface area contributed by atoms with Gasteiger partial charge in [-0.15, -0.1) is 0 Å². The largest absolute Gasteiger partial charge is 0.481 e. The minimum absolute atomic E-state index is 0.0152. The number of hydrogen-bond donors (Lipinski definition) is 2. The zero-order valence-electron chi connectivity index (χ0n) is 13.0. The summed E-state index contributed by atoms with van der Waals surface area (Å²) in [6.45, 7) is 8.14.